The first-order valence-electron chi connectivity index (χ1n) is 4.19. The highest BCUT2D eigenvalue weighted by atomic mass is 35.7. The lowest BCUT2D eigenvalue weighted by molar-refractivity contribution is -0.251. The summed E-state index contributed by atoms with van der Waals surface area (Å²) < 4.78 is 64.9. The predicted octanol–water partition coefficient (Wildman–Crippen LogP) is 3.51. The minimum atomic E-state index is -4.83. The molecule has 0 spiro atoms. The molecule has 0 atom stereocenters. The molecule has 1 rings (SSSR count). The molecule has 1 aliphatic heterocycles. The smallest absolute Gasteiger partial charge is 0.239 e. The summed E-state index contributed by atoms with van der Waals surface area (Å²) >= 11 is 4.78. The Morgan fingerprint density at radius 2 is 1.60 bits per heavy atom. The summed E-state index contributed by atoms with van der Waals surface area (Å²) in [6.45, 7) is -0.315. The van der Waals surface area contributed by atoms with E-state index in [9.17, 15) is 22.0 Å². The van der Waals surface area contributed by atoms with Crippen molar-refractivity contribution in [2.24, 2.45) is 0 Å². The second-order valence-corrected chi connectivity index (χ2v) is 4.25. The maximum absolute atomic E-state index is 13.2. The van der Waals surface area contributed by atoms with Crippen LogP contribution < -0.4 is 0 Å². The van der Waals surface area contributed by atoms with Gasteiger partial charge in [0.1, 0.15) is 0 Å². The molecule has 0 aliphatic carbocycles. The van der Waals surface area contributed by atoms with E-state index < -0.39 is 25.1 Å². The molecule has 88 valence electrons. The number of hydrogen-bond donors (Lipinski definition) is 0. The fourth-order valence-electron chi connectivity index (χ4n) is 1.37. The van der Waals surface area contributed by atoms with Crippen LogP contribution >= 0.6 is 18.8 Å². The molecule has 1 aliphatic rings. The number of hydrogen-bond acceptors (Lipinski definition) is 1. The van der Waals surface area contributed by atoms with E-state index in [4.69, 9.17) is 11.2 Å². The summed E-state index contributed by atoms with van der Waals surface area (Å²) in [5, 5.41) is 0. The summed E-state index contributed by atoms with van der Waals surface area (Å²) in [6.07, 6.45) is 0.817. The quantitative estimate of drug-likeness (QED) is 0.430. The number of alkyl halides is 4. The van der Waals surface area contributed by atoms with Crippen LogP contribution in [0.15, 0.2) is 0 Å². The fourth-order valence-corrected chi connectivity index (χ4v) is 1.93. The predicted molar refractivity (Wildman–Crippen MR) is 49.6 cm³/mol. The van der Waals surface area contributed by atoms with Crippen molar-refractivity contribution in [3.63, 3.8) is 0 Å². The lowest BCUT2D eigenvalue weighted by atomic mass is 10.3. The average Bonchev–Trinajstić information content (AvgIpc) is 2.69. The van der Waals surface area contributed by atoms with Gasteiger partial charge in [0.2, 0.25) is 5.55 Å². The topological polar surface area (TPSA) is 3.24 Å². The van der Waals surface area contributed by atoms with Gasteiger partial charge in [0.15, 0.2) is 0 Å². The van der Waals surface area contributed by atoms with Gasteiger partial charge < -0.3 is 0 Å². The molecule has 0 aromatic carbocycles. The van der Waals surface area contributed by atoms with Crippen molar-refractivity contribution < 1.29 is 22.0 Å². The zero-order valence-electron chi connectivity index (χ0n) is 7.49. The summed E-state index contributed by atoms with van der Waals surface area (Å²) in [6, 6.07) is -4.50. The summed E-state index contributed by atoms with van der Waals surface area (Å²) in [7, 11) is -0.990. The zero-order valence-corrected chi connectivity index (χ0v) is 9.14. The second kappa shape index (κ2) is 4.52. The van der Waals surface area contributed by atoms with Crippen LogP contribution in [0.1, 0.15) is 12.8 Å². The highest BCUT2D eigenvalue weighted by Crippen LogP contribution is 2.42. The molecule has 0 radical (unpaired) electrons. The number of likely N-dealkylation sites (tertiary alicyclic amines) is 1. The van der Waals surface area contributed by atoms with Gasteiger partial charge in [0.25, 0.3) is 0 Å². The van der Waals surface area contributed by atoms with Gasteiger partial charge in [0.05, 0.1) is 0 Å². The minimum absolute atomic E-state index is 0.158. The van der Waals surface area contributed by atoms with Crippen LogP contribution in [0.3, 0.4) is 0 Å². The van der Waals surface area contributed by atoms with Crippen LogP contribution in [0, 0.1) is 0 Å². The molecule has 1 heterocycles. The van der Waals surface area contributed by atoms with Crippen molar-refractivity contribution in [1.29, 1.82) is 0 Å². The summed E-state index contributed by atoms with van der Waals surface area (Å²) in [4.78, 5) is 0.286. The Morgan fingerprint density at radius 3 is 2.00 bits per heavy atom. The normalized spacial score (nSPS) is 21.1. The third-order valence-electron chi connectivity index (χ3n) is 2.21. The Kier molecular flexibility index (Phi) is 3.95. The third kappa shape index (κ3) is 2.27. The van der Waals surface area contributed by atoms with E-state index in [-0.39, 0.29) is 18.0 Å². The Hall–Kier alpha value is 0.0700. The minimum Gasteiger partial charge on any atom is -0.239 e. The number of halogens is 6. The highest BCUT2D eigenvalue weighted by Gasteiger charge is 2.63. The molecule has 1 fully saturated rings. The Bertz CT molecular complexity index is 264. The van der Waals surface area contributed by atoms with E-state index >= 15 is 0 Å². The van der Waals surface area contributed by atoms with Crippen molar-refractivity contribution in [2.45, 2.75) is 24.8 Å². The first kappa shape index (κ1) is 13.1. The summed E-state index contributed by atoms with van der Waals surface area (Å²) in [5.41, 5.74) is -2.22. The fraction of sp³-hybridized carbons (Fsp3) is 0.857. The molecule has 0 aromatic rings. The van der Waals surface area contributed by atoms with E-state index in [0.717, 1.165) is 0 Å². The Morgan fingerprint density at radius 1 is 1.13 bits per heavy atom. The average molecular weight is 268 g/mol. The standard InChI is InChI=1S/C7H8ClF5NP/c8-15-5(9)6(10,11)7(12,13)14-3-1-2-4-14/h1-4H2. The van der Waals surface area contributed by atoms with Gasteiger partial charge in [-0.05, 0) is 12.8 Å². The lowest BCUT2D eigenvalue weighted by Crippen LogP contribution is -2.55. The van der Waals surface area contributed by atoms with Gasteiger partial charge >= 0.3 is 12.0 Å². The van der Waals surface area contributed by atoms with Crippen molar-refractivity contribution in [2.75, 3.05) is 13.1 Å². The Balaban J connectivity index is 2.92. The van der Waals surface area contributed by atoms with E-state index in [2.05, 4.69) is 0 Å². The number of nitrogens with zero attached hydrogens (tertiary/aromatic N) is 1. The molecule has 0 aromatic heterocycles. The maximum atomic E-state index is 13.2. The van der Waals surface area contributed by atoms with Crippen molar-refractivity contribution in [1.82, 2.24) is 4.90 Å². The van der Waals surface area contributed by atoms with E-state index in [1.807, 2.05) is 0 Å². The van der Waals surface area contributed by atoms with Gasteiger partial charge in [-0.25, -0.2) is 4.90 Å². The molecule has 15 heavy (non-hydrogen) atoms. The zero-order chi connectivity index (χ0) is 11.7. The molecule has 0 N–H and O–H groups in total. The third-order valence-corrected chi connectivity index (χ3v) is 3.09. The van der Waals surface area contributed by atoms with Crippen molar-refractivity contribution in [3.8, 4) is 0 Å². The first-order valence-corrected chi connectivity index (χ1v) is 5.99. The van der Waals surface area contributed by atoms with E-state index in [1.165, 1.54) is 0 Å². The van der Waals surface area contributed by atoms with Gasteiger partial charge in [-0.15, -0.1) is 0 Å². The maximum Gasteiger partial charge on any atom is 0.380 e. The van der Waals surface area contributed by atoms with Gasteiger partial charge in [-0.1, -0.05) is 11.2 Å². The number of rotatable bonds is 3. The Labute approximate surface area is 89.8 Å². The molecular formula is C7H8ClF5NP. The van der Waals surface area contributed by atoms with Gasteiger partial charge in [-0.2, -0.15) is 22.0 Å². The molecule has 0 saturated carbocycles. The van der Waals surface area contributed by atoms with Crippen molar-refractivity contribution >= 4 is 24.3 Å². The highest BCUT2D eigenvalue weighted by molar-refractivity contribution is 7.68. The largest absolute Gasteiger partial charge is 0.380 e. The SMILES string of the molecule is FC(=PCl)C(F)(F)C(F)(F)N1CCCC1. The van der Waals surface area contributed by atoms with Gasteiger partial charge in [0, 0.05) is 20.6 Å². The van der Waals surface area contributed by atoms with Gasteiger partial charge in [-0.3, -0.25) is 0 Å². The molecule has 0 amide bonds. The second-order valence-electron chi connectivity index (χ2n) is 3.19. The first-order chi connectivity index (χ1) is 6.84. The molecule has 0 bridgehead atoms. The molecule has 1 nitrogen and oxygen atoms in total. The lowest BCUT2D eigenvalue weighted by Gasteiger charge is -2.32. The molecule has 8 heteroatoms. The van der Waals surface area contributed by atoms with E-state index in [1.54, 1.807) is 0 Å². The molecular weight excluding hydrogens is 260 g/mol. The van der Waals surface area contributed by atoms with E-state index in [0.29, 0.717) is 12.8 Å². The molecule has 0 unspecified atom stereocenters. The monoisotopic (exact) mass is 267 g/mol. The van der Waals surface area contributed by atoms with Crippen LogP contribution in [0.4, 0.5) is 22.0 Å². The van der Waals surface area contributed by atoms with Crippen molar-refractivity contribution in [3.05, 3.63) is 0 Å². The van der Waals surface area contributed by atoms with Crippen LogP contribution in [0.25, 0.3) is 0 Å². The van der Waals surface area contributed by atoms with Crippen LogP contribution in [0.2, 0.25) is 0 Å². The summed E-state index contributed by atoms with van der Waals surface area (Å²) in [5.74, 6) is -4.83. The molecule has 1 saturated heterocycles. The van der Waals surface area contributed by atoms with Crippen LogP contribution in [-0.2, 0) is 0 Å². The van der Waals surface area contributed by atoms with Crippen LogP contribution in [-0.4, -0.2) is 35.5 Å². The van der Waals surface area contributed by atoms with Crippen LogP contribution in [0.5, 0.6) is 0 Å².